The fourth-order valence-electron chi connectivity index (χ4n) is 2.78. The number of aryl methyl sites for hydroxylation is 2. The van der Waals surface area contributed by atoms with Gasteiger partial charge in [-0.1, -0.05) is 0 Å². The third kappa shape index (κ3) is 3.14. The highest BCUT2D eigenvalue weighted by Crippen LogP contribution is 2.38. The molecule has 0 radical (unpaired) electrons. The van der Waals surface area contributed by atoms with E-state index in [0.717, 1.165) is 31.2 Å². The van der Waals surface area contributed by atoms with E-state index in [4.69, 9.17) is 4.74 Å². The molecule has 0 aliphatic heterocycles. The number of nitrogens with one attached hydrogen (secondary N) is 1. The molecule has 7 heteroatoms. The zero-order valence-corrected chi connectivity index (χ0v) is 14.0. The molecule has 122 valence electrons. The molecule has 2 aromatic rings. The molecule has 23 heavy (non-hydrogen) atoms. The summed E-state index contributed by atoms with van der Waals surface area (Å²) in [4.78, 5) is 25.9. The summed E-state index contributed by atoms with van der Waals surface area (Å²) in [6, 6.07) is 1.65. The number of aromatic nitrogens is 2. The molecule has 0 saturated heterocycles. The maximum Gasteiger partial charge on any atom is 0.341 e. The van der Waals surface area contributed by atoms with Gasteiger partial charge in [-0.05, 0) is 44.2 Å². The molecular formula is C16H19N3O3S. The zero-order chi connectivity index (χ0) is 16.4. The second kappa shape index (κ2) is 6.54. The number of ether oxygens (including phenoxy) is 1. The molecule has 2 heterocycles. The molecular weight excluding hydrogens is 314 g/mol. The standard InChI is InChI=1S/C16H19N3O3S/c1-3-22-16(21)13-10-6-4-5-7-12(10)23-15(13)17-14(20)11-8-9-19(2)18-11/h8-9H,3-7H2,1-2H3,(H,17,20). The van der Waals surface area contributed by atoms with E-state index >= 15 is 0 Å². The van der Waals surface area contributed by atoms with Crippen LogP contribution in [0.1, 0.15) is 51.1 Å². The van der Waals surface area contributed by atoms with Crippen LogP contribution in [-0.2, 0) is 24.6 Å². The number of esters is 1. The van der Waals surface area contributed by atoms with Crippen LogP contribution < -0.4 is 5.32 Å². The van der Waals surface area contributed by atoms with Crippen LogP contribution in [0, 0.1) is 0 Å². The third-order valence-corrected chi connectivity index (χ3v) is 5.03. The second-order valence-corrected chi connectivity index (χ2v) is 6.57. The van der Waals surface area contributed by atoms with E-state index < -0.39 is 0 Å². The minimum absolute atomic E-state index is 0.310. The summed E-state index contributed by atoms with van der Waals surface area (Å²) in [7, 11) is 1.75. The molecule has 6 nitrogen and oxygen atoms in total. The summed E-state index contributed by atoms with van der Waals surface area (Å²) >= 11 is 1.48. The first-order valence-electron chi connectivity index (χ1n) is 7.72. The third-order valence-electron chi connectivity index (χ3n) is 3.82. The first-order chi connectivity index (χ1) is 11.1. The molecule has 1 aliphatic carbocycles. The molecule has 0 fully saturated rings. The van der Waals surface area contributed by atoms with Gasteiger partial charge in [0.2, 0.25) is 0 Å². The number of anilines is 1. The van der Waals surface area contributed by atoms with Crippen LogP contribution in [-0.4, -0.2) is 28.3 Å². The molecule has 3 rings (SSSR count). The quantitative estimate of drug-likeness (QED) is 0.873. The van der Waals surface area contributed by atoms with Gasteiger partial charge < -0.3 is 10.1 Å². The summed E-state index contributed by atoms with van der Waals surface area (Å²) in [6.07, 6.45) is 5.69. The average Bonchev–Trinajstić information content (AvgIpc) is 3.10. The highest BCUT2D eigenvalue weighted by molar-refractivity contribution is 7.17. The maximum atomic E-state index is 12.3. The van der Waals surface area contributed by atoms with Crippen molar-refractivity contribution in [3.05, 3.63) is 34.0 Å². The SMILES string of the molecule is CCOC(=O)c1c(NC(=O)c2ccn(C)n2)sc2c1CCCC2. The summed E-state index contributed by atoms with van der Waals surface area (Å²) in [5.74, 6) is -0.669. The van der Waals surface area contributed by atoms with E-state index in [2.05, 4.69) is 10.4 Å². The van der Waals surface area contributed by atoms with E-state index in [1.54, 1.807) is 30.9 Å². The minimum atomic E-state index is -0.358. The lowest BCUT2D eigenvalue weighted by molar-refractivity contribution is 0.0526. The summed E-state index contributed by atoms with van der Waals surface area (Å²) in [5.41, 5.74) is 1.89. The first-order valence-corrected chi connectivity index (χ1v) is 8.54. The van der Waals surface area contributed by atoms with Gasteiger partial charge in [0, 0.05) is 18.1 Å². The Balaban J connectivity index is 1.93. The van der Waals surface area contributed by atoms with Crippen LogP contribution in [0.4, 0.5) is 5.00 Å². The summed E-state index contributed by atoms with van der Waals surface area (Å²) in [5, 5.41) is 7.51. The first kappa shape index (κ1) is 15.7. The molecule has 0 saturated carbocycles. The van der Waals surface area contributed by atoms with E-state index in [1.807, 2.05) is 0 Å². The maximum absolute atomic E-state index is 12.3. The van der Waals surface area contributed by atoms with Crippen molar-refractivity contribution >= 4 is 28.2 Å². The van der Waals surface area contributed by atoms with Gasteiger partial charge >= 0.3 is 5.97 Å². The van der Waals surface area contributed by atoms with E-state index in [9.17, 15) is 9.59 Å². The van der Waals surface area contributed by atoms with Crippen LogP contribution in [0.3, 0.4) is 0 Å². The smallest absolute Gasteiger partial charge is 0.341 e. The molecule has 1 aliphatic rings. The van der Waals surface area contributed by atoms with Gasteiger partial charge in [-0.2, -0.15) is 5.10 Å². The number of fused-ring (bicyclic) bond motifs is 1. The van der Waals surface area contributed by atoms with E-state index in [1.165, 1.54) is 16.2 Å². The number of thiophene rings is 1. The number of carbonyl (C=O) groups excluding carboxylic acids is 2. The van der Waals surface area contributed by atoms with Crippen molar-refractivity contribution in [3.8, 4) is 0 Å². The van der Waals surface area contributed by atoms with Crippen molar-refractivity contribution in [1.29, 1.82) is 0 Å². The number of hydrogen-bond donors (Lipinski definition) is 1. The normalized spacial score (nSPS) is 13.5. The topological polar surface area (TPSA) is 73.2 Å². The van der Waals surface area contributed by atoms with Crippen molar-refractivity contribution in [2.45, 2.75) is 32.6 Å². The Morgan fingerprint density at radius 3 is 2.87 bits per heavy atom. The molecule has 0 spiro atoms. The molecule has 0 atom stereocenters. The van der Waals surface area contributed by atoms with E-state index in [-0.39, 0.29) is 11.9 Å². The Morgan fingerprint density at radius 2 is 2.17 bits per heavy atom. The molecule has 2 aromatic heterocycles. The fourth-order valence-corrected chi connectivity index (χ4v) is 4.05. The van der Waals surface area contributed by atoms with Crippen LogP contribution >= 0.6 is 11.3 Å². The largest absolute Gasteiger partial charge is 0.462 e. The molecule has 0 unspecified atom stereocenters. The Hall–Kier alpha value is -2.15. The summed E-state index contributed by atoms with van der Waals surface area (Å²) in [6.45, 7) is 2.10. The lowest BCUT2D eigenvalue weighted by atomic mass is 9.95. The van der Waals surface area contributed by atoms with Gasteiger partial charge in [0.05, 0.1) is 12.2 Å². The number of carbonyl (C=O) groups is 2. The number of amides is 1. The predicted molar refractivity (Wildman–Crippen MR) is 88.1 cm³/mol. The highest BCUT2D eigenvalue weighted by Gasteiger charge is 2.27. The van der Waals surface area contributed by atoms with E-state index in [0.29, 0.717) is 22.9 Å². The van der Waals surface area contributed by atoms with Crippen LogP contribution in [0.2, 0.25) is 0 Å². The lowest BCUT2D eigenvalue weighted by Crippen LogP contribution is -2.16. The van der Waals surface area contributed by atoms with Gasteiger partial charge in [0.1, 0.15) is 5.00 Å². The minimum Gasteiger partial charge on any atom is -0.462 e. The van der Waals surface area contributed by atoms with Gasteiger partial charge in [-0.25, -0.2) is 4.79 Å². The monoisotopic (exact) mass is 333 g/mol. The Kier molecular flexibility index (Phi) is 4.47. The molecule has 1 amide bonds. The van der Waals surface area contributed by atoms with Crippen molar-refractivity contribution in [2.24, 2.45) is 7.05 Å². The fraction of sp³-hybridized carbons (Fsp3) is 0.438. The van der Waals surface area contributed by atoms with Gasteiger partial charge in [0.25, 0.3) is 5.91 Å². The molecule has 1 N–H and O–H groups in total. The van der Waals surface area contributed by atoms with Gasteiger partial charge in [0.15, 0.2) is 5.69 Å². The Morgan fingerprint density at radius 1 is 1.39 bits per heavy atom. The predicted octanol–water partition coefficient (Wildman–Crippen LogP) is 2.79. The highest BCUT2D eigenvalue weighted by atomic mass is 32.1. The van der Waals surface area contributed by atoms with Crippen molar-refractivity contribution < 1.29 is 14.3 Å². The van der Waals surface area contributed by atoms with Crippen molar-refractivity contribution in [1.82, 2.24) is 9.78 Å². The number of rotatable bonds is 4. The van der Waals surface area contributed by atoms with Crippen molar-refractivity contribution in [2.75, 3.05) is 11.9 Å². The number of hydrogen-bond acceptors (Lipinski definition) is 5. The summed E-state index contributed by atoms with van der Waals surface area (Å²) < 4.78 is 6.75. The average molecular weight is 333 g/mol. The number of nitrogens with zero attached hydrogens (tertiary/aromatic N) is 2. The zero-order valence-electron chi connectivity index (χ0n) is 13.2. The lowest BCUT2D eigenvalue weighted by Gasteiger charge is -2.12. The second-order valence-electron chi connectivity index (χ2n) is 5.46. The van der Waals surface area contributed by atoms with Gasteiger partial charge in [-0.3, -0.25) is 9.48 Å². The van der Waals surface area contributed by atoms with Gasteiger partial charge in [-0.15, -0.1) is 11.3 Å². The van der Waals surface area contributed by atoms with Crippen LogP contribution in [0.5, 0.6) is 0 Å². The van der Waals surface area contributed by atoms with Crippen LogP contribution in [0.25, 0.3) is 0 Å². The van der Waals surface area contributed by atoms with Crippen LogP contribution in [0.15, 0.2) is 12.3 Å². The molecule has 0 aromatic carbocycles. The van der Waals surface area contributed by atoms with Crippen molar-refractivity contribution in [3.63, 3.8) is 0 Å². The molecule has 0 bridgehead atoms. The Bertz CT molecular complexity index is 748. The Labute approximate surface area is 138 Å².